The van der Waals surface area contributed by atoms with Gasteiger partial charge in [-0.1, -0.05) is 71.9 Å². The lowest BCUT2D eigenvalue weighted by molar-refractivity contribution is -0.127. The van der Waals surface area contributed by atoms with Crippen LogP contribution in [0.1, 0.15) is 22.7 Å². The van der Waals surface area contributed by atoms with Gasteiger partial charge in [0.15, 0.2) is 11.5 Å². The Bertz CT molecular complexity index is 1680. The molecule has 0 spiro atoms. The molecular weight excluding hydrogens is 506 g/mol. The van der Waals surface area contributed by atoms with E-state index in [9.17, 15) is 9.59 Å². The van der Waals surface area contributed by atoms with E-state index in [0.29, 0.717) is 34.8 Å². The predicted octanol–water partition coefficient (Wildman–Crippen LogP) is 4.56. The van der Waals surface area contributed by atoms with E-state index in [1.54, 1.807) is 22.9 Å². The number of aryl methyl sites for hydroxylation is 1. The average Bonchev–Trinajstić information content (AvgIpc) is 3.62. The van der Waals surface area contributed by atoms with Crippen molar-refractivity contribution < 1.29 is 19.1 Å². The summed E-state index contributed by atoms with van der Waals surface area (Å²) < 4.78 is 12.7. The number of nitrogens with zero attached hydrogens (tertiary/aromatic N) is 4. The zero-order chi connectivity index (χ0) is 27.5. The van der Waals surface area contributed by atoms with Crippen LogP contribution in [0.4, 0.5) is 5.69 Å². The largest absolute Gasteiger partial charge is 0.454 e. The van der Waals surface area contributed by atoms with Crippen LogP contribution < -0.4 is 19.7 Å². The number of aromatic nitrogens is 3. The minimum atomic E-state index is -0.965. The topological polar surface area (TPSA) is 98.6 Å². The molecule has 0 unspecified atom stereocenters. The quantitative estimate of drug-likeness (QED) is 0.314. The molecule has 40 heavy (non-hydrogen) atoms. The molecule has 1 aliphatic heterocycles. The summed E-state index contributed by atoms with van der Waals surface area (Å²) in [4.78, 5) is 29.8. The Balaban J connectivity index is 1.43. The van der Waals surface area contributed by atoms with Crippen molar-refractivity contribution in [1.29, 1.82) is 0 Å². The SMILES string of the molecule is Cc1ccccc1[C@H](C(=O)NCc1ccccc1)N(C(=O)Cn1nnc2ccccc21)c1ccc2c(c1)OCO2. The van der Waals surface area contributed by atoms with Crippen LogP contribution >= 0.6 is 0 Å². The van der Waals surface area contributed by atoms with Gasteiger partial charge in [-0.25, -0.2) is 4.68 Å². The van der Waals surface area contributed by atoms with Crippen LogP contribution in [-0.2, 0) is 22.7 Å². The van der Waals surface area contributed by atoms with Gasteiger partial charge >= 0.3 is 0 Å². The van der Waals surface area contributed by atoms with E-state index in [4.69, 9.17) is 9.47 Å². The van der Waals surface area contributed by atoms with Gasteiger partial charge in [-0.3, -0.25) is 14.5 Å². The second-order valence-electron chi connectivity index (χ2n) is 9.50. The molecule has 1 aliphatic rings. The number of carbonyl (C=O) groups is 2. The molecule has 0 bridgehead atoms. The summed E-state index contributed by atoms with van der Waals surface area (Å²) in [7, 11) is 0. The van der Waals surface area contributed by atoms with E-state index in [2.05, 4.69) is 15.6 Å². The Morgan fingerprint density at radius 1 is 0.925 bits per heavy atom. The highest BCUT2D eigenvalue weighted by Crippen LogP contribution is 2.38. The first-order valence-corrected chi connectivity index (χ1v) is 13.0. The molecule has 0 aliphatic carbocycles. The van der Waals surface area contributed by atoms with E-state index in [1.165, 1.54) is 4.90 Å². The zero-order valence-corrected chi connectivity index (χ0v) is 21.9. The molecule has 9 nitrogen and oxygen atoms in total. The number of amides is 2. The highest BCUT2D eigenvalue weighted by molar-refractivity contribution is 6.02. The Morgan fingerprint density at radius 2 is 1.68 bits per heavy atom. The van der Waals surface area contributed by atoms with Crippen LogP contribution in [0.3, 0.4) is 0 Å². The van der Waals surface area contributed by atoms with Crippen molar-refractivity contribution in [2.45, 2.75) is 26.1 Å². The third kappa shape index (κ3) is 4.96. The first-order valence-electron chi connectivity index (χ1n) is 13.0. The molecule has 1 atom stereocenters. The van der Waals surface area contributed by atoms with E-state index in [1.807, 2.05) is 85.8 Å². The van der Waals surface area contributed by atoms with Gasteiger partial charge in [-0.15, -0.1) is 5.10 Å². The van der Waals surface area contributed by atoms with Gasteiger partial charge < -0.3 is 14.8 Å². The summed E-state index contributed by atoms with van der Waals surface area (Å²) in [6, 6.07) is 29.0. The van der Waals surface area contributed by atoms with Crippen LogP contribution in [0.25, 0.3) is 11.0 Å². The molecular formula is C31H27N5O4. The number of para-hydroxylation sites is 1. The summed E-state index contributed by atoms with van der Waals surface area (Å²) in [5.74, 6) is 0.444. The molecule has 6 rings (SSSR count). The van der Waals surface area contributed by atoms with Crippen LogP contribution in [0, 0.1) is 6.92 Å². The second-order valence-corrected chi connectivity index (χ2v) is 9.50. The number of benzene rings is 4. The van der Waals surface area contributed by atoms with Gasteiger partial charge in [0.25, 0.3) is 0 Å². The smallest absolute Gasteiger partial charge is 0.249 e. The molecule has 5 aromatic rings. The predicted molar refractivity (Wildman–Crippen MR) is 150 cm³/mol. The third-order valence-electron chi connectivity index (χ3n) is 6.91. The fourth-order valence-electron chi connectivity index (χ4n) is 4.88. The van der Waals surface area contributed by atoms with Crippen molar-refractivity contribution in [3.63, 3.8) is 0 Å². The summed E-state index contributed by atoms with van der Waals surface area (Å²) >= 11 is 0. The van der Waals surface area contributed by atoms with Crippen molar-refractivity contribution in [3.05, 3.63) is 114 Å². The third-order valence-corrected chi connectivity index (χ3v) is 6.91. The molecule has 0 radical (unpaired) electrons. The fraction of sp³-hybridized carbons (Fsp3) is 0.161. The standard InChI is InChI=1S/C31H27N5O4/c1-21-9-5-6-12-24(21)30(31(38)32-18-22-10-3-2-4-11-22)36(23-15-16-27-28(17-23)40-20-39-27)29(37)19-35-26-14-8-7-13-25(26)33-34-35/h2-17,30H,18-20H2,1H3,(H,32,38)/t30-/m1/s1. The molecule has 200 valence electrons. The minimum Gasteiger partial charge on any atom is -0.454 e. The Kier molecular flexibility index (Phi) is 6.84. The Labute approximate surface area is 230 Å². The number of ether oxygens (including phenoxy) is 2. The number of anilines is 1. The average molecular weight is 534 g/mol. The minimum absolute atomic E-state index is 0.0937. The van der Waals surface area contributed by atoms with Crippen molar-refractivity contribution in [2.75, 3.05) is 11.7 Å². The lowest BCUT2D eigenvalue weighted by Gasteiger charge is -2.32. The van der Waals surface area contributed by atoms with Crippen LogP contribution in [0.2, 0.25) is 0 Å². The molecule has 0 fully saturated rings. The van der Waals surface area contributed by atoms with E-state index >= 15 is 0 Å². The van der Waals surface area contributed by atoms with Crippen LogP contribution in [0.15, 0.2) is 97.1 Å². The number of hydrogen-bond acceptors (Lipinski definition) is 6. The fourth-order valence-corrected chi connectivity index (χ4v) is 4.88. The second kappa shape index (κ2) is 10.9. The van der Waals surface area contributed by atoms with Gasteiger partial charge in [0.05, 0.1) is 5.52 Å². The van der Waals surface area contributed by atoms with E-state index in [0.717, 1.165) is 16.6 Å². The molecule has 0 saturated carbocycles. The van der Waals surface area contributed by atoms with Crippen LogP contribution in [-0.4, -0.2) is 33.6 Å². The lowest BCUT2D eigenvalue weighted by Crippen LogP contribution is -2.45. The molecule has 1 N–H and O–H groups in total. The number of rotatable bonds is 8. The van der Waals surface area contributed by atoms with Crippen molar-refractivity contribution in [3.8, 4) is 11.5 Å². The molecule has 9 heteroatoms. The Morgan fingerprint density at radius 3 is 2.52 bits per heavy atom. The maximum Gasteiger partial charge on any atom is 0.249 e. The zero-order valence-electron chi connectivity index (χ0n) is 21.9. The summed E-state index contributed by atoms with van der Waals surface area (Å²) in [5.41, 5.74) is 4.45. The molecule has 0 saturated heterocycles. The lowest BCUT2D eigenvalue weighted by atomic mass is 9.98. The monoisotopic (exact) mass is 533 g/mol. The summed E-state index contributed by atoms with van der Waals surface area (Å²) in [5, 5.41) is 11.5. The first kappa shape index (κ1) is 25.1. The van der Waals surface area contributed by atoms with Gasteiger partial charge in [-0.2, -0.15) is 0 Å². The number of fused-ring (bicyclic) bond motifs is 2. The van der Waals surface area contributed by atoms with Crippen molar-refractivity contribution >= 4 is 28.5 Å². The normalized spacial score (nSPS) is 12.7. The van der Waals surface area contributed by atoms with E-state index < -0.39 is 6.04 Å². The molecule has 4 aromatic carbocycles. The van der Waals surface area contributed by atoms with Gasteiger partial charge in [0, 0.05) is 18.3 Å². The van der Waals surface area contributed by atoms with E-state index in [-0.39, 0.29) is 25.2 Å². The highest BCUT2D eigenvalue weighted by atomic mass is 16.7. The molecule has 1 aromatic heterocycles. The summed E-state index contributed by atoms with van der Waals surface area (Å²) in [6.45, 7) is 2.22. The maximum atomic E-state index is 14.2. The number of carbonyl (C=O) groups excluding carboxylic acids is 2. The van der Waals surface area contributed by atoms with Crippen molar-refractivity contribution in [1.82, 2.24) is 20.3 Å². The van der Waals surface area contributed by atoms with Gasteiger partial charge in [-0.05, 0) is 47.9 Å². The highest BCUT2D eigenvalue weighted by Gasteiger charge is 2.35. The number of nitrogens with one attached hydrogen (secondary N) is 1. The van der Waals surface area contributed by atoms with Crippen LogP contribution in [0.5, 0.6) is 11.5 Å². The van der Waals surface area contributed by atoms with Gasteiger partial charge in [0.2, 0.25) is 18.6 Å². The maximum absolute atomic E-state index is 14.2. The van der Waals surface area contributed by atoms with Gasteiger partial charge in [0.1, 0.15) is 18.1 Å². The molecule has 2 amide bonds. The summed E-state index contributed by atoms with van der Waals surface area (Å²) in [6.07, 6.45) is 0. The Hall–Kier alpha value is -5.18. The first-order chi connectivity index (χ1) is 19.6. The molecule has 2 heterocycles. The number of hydrogen-bond donors (Lipinski definition) is 1. The van der Waals surface area contributed by atoms with Crippen molar-refractivity contribution in [2.24, 2.45) is 0 Å².